The van der Waals surface area contributed by atoms with Gasteiger partial charge in [0.25, 0.3) is 0 Å². The van der Waals surface area contributed by atoms with E-state index in [-0.39, 0.29) is 11.0 Å². The number of hydrogen-bond donors (Lipinski definition) is 1. The average Bonchev–Trinajstić information content (AvgIpc) is 3.09. The molecule has 3 heteroatoms. The van der Waals surface area contributed by atoms with Gasteiger partial charge in [-0.05, 0) is 38.1 Å². The molecule has 2 N–H and O–H groups in total. The monoisotopic (exact) mass is 280 g/mol. The summed E-state index contributed by atoms with van der Waals surface area (Å²) in [5, 5.41) is 0. The Labute approximate surface area is 124 Å². The topological polar surface area (TPSA) is 38.5 Å². The van der Waals surface area contributed by atoms with Gasteiger partial charge in [-0.1, -0.05) is 27.7 Å². The molecule has 2 aliphatic carbocycles. The molecule has 1 saturated heterocycles. The van der Waals surface area contributed by atoms with Crippen molar-refractivity contribution in [1.29, 1.82) is 0 Å². The molecule has 20 heavy (non-hydrogen) atoms. The number of fused-ring (bicyclic) bond motifs is 1. The molecule has 3 rings (SSSR count). The van der Waals surface area contributed by atoms with Gasteiger partial charge in [-0.15, -0.1) is 0 Å². The summed E-state index contributed by atoms with van der Waals surface area (Å²) in [4.78, 5) is 2.69. The maximum Gasteiger partial charge on any atom is 0.0691 e. The summed E-state index contributed by atoms with van der Waals surface area (Å²) in [6, 6.07) is 0.811. The predicted molar refractivity (Wildman–Crippen MR) is 82.6 cm³/mol. The largest absolute Gasteiger partial charge is 0.377 e. The fraction of sp³-hybridized carbons (Fsp3) is 1.00. The minimum atomic E-state index is -0.0479. The molecule has 1 heterocycles. The molecule has 0 aromatic carbocycles. The zero-order valence-corrected chi connectivity index (χ0v) is 13.7. The fourth-order valence-electron chi connectivity index (χ4n) is 4.39. The average molecular weight is 280 g/mol. The smallest absolute Gasteiger partial charge is 0.0691 e. The van der Waals surface area contributed by atoms with E-state index >= 15 is 0 Å². The fourth-order valence-corrected chi connectivity index (χ4v) is 4.39. The van der Waals surface area contributed by atoms with Gasteiger partial charge in [-0.25, -0.2) is 0 Å². The molecule has 3 nitrogen and oxygen atoms in total. The lowest BCUT2D eigenvalue weighted by atomic mass is 9.48. The van der Waals surface area contributed by atoms with Gasteiger partial charge in [0.05, 0.1) is 6.10 Å². The van der Waals surface area contributed by atoms with Crippen LogP contribution in [-0.4, -0.2) is 42.3 Å². The summed E-state index contributed by atoms with van der Waals surface area (Å²) in [6.07, 6.45) is 5.60. The second-order valence-corrected chi connectivity index (χ2v) is 8.33. The molecule has 0 spiro atoms. The molecule has 3 aliphatic rings. The van der Waals surface area contributed by atoms with Crippen molar-refractivity contribution in [3.8, 4) is 0 Å². The van der Waals surface area contributed by atoms with Gasteiger partial charge in [0.15, 0.2) is 0 Å². The Kier molecular flexibility index (Phi) is 3.67. The first kappa shape index (κ1) is 14.8. The van der Waals surface area contributed by atoms with Crippen LogP contribution in [0.3, 0.4) is 0 Å². The first-order valence-corrected chi connectivity index (χ1v) is 8.51. The van der Waals surface area contributed by atoms with E-state index in [0.717, 1.165) is 31.5 Å². The Hall–Kier alpha value is -0.120. The highest BCUT2D eigenvalue weighted by Gasteiger charge is 2.68. The number of ether oxygens (including phenoxy) is 1. The van der Waals surface area contributed by atoms with E-state index in [1.54, 1.807) is 0 Å². The third-order valence-corrected chi connectivity index (χ3v) is 6.19. The lowest BCUT2D eigenvalue weighted by Gasteiger charge is -2.63. The lowest BCUT2D eigenvalue weighted by molar-refractivity contribution is -0.163. The van der Waals surface area contributed by atoms with E-state index in [2.05, 4.69) is 32.6 Å². The first-order valence-electron chi connectivity index (χ1n) is 8.51. The van der Waals surface area contributed by atoms with Crippen LogP contribution in [0.25, 0.3) is 0 Å². The third-order valence-electron chi connectivity index (χ3n) is 6.19. The van der Waals surface area contributed by atoms with Gasteiger partial charge in [0, 0.05) is 36.1 Å². The van der Waals surface area contributed by atoms with Crippen LogP contribution in [0.1, 0.15) is 53.4 Å². The lowest BCUT2D eigenvalue weighted by Crippen LogP contribution is -2.78. The second-order valence-electron chi connectivity index (χ2n) is 8.33. The van der Waals surface area contributed by atoms with Crippen molar-refractivity contribution < 1.29 is 4.74 Å². The Morgan fingerprint density at radius 1 is 1.25 bits per heavy atom. The second kappa shape index (κ2) is 4.96. The van der Waals surface area contributed by atoms with E-state index in [1.807, 2.05) is 0 Å². The minimum absolute atomic E-state index is 0.0479. The van der Waals surface area contributed by atoms with E-state index in [1.165, 1.54) is 25.8 Å². The van der Waals surface area contributed by atoms with Crippen LogP contribution in [0.2, 0.25) is 0 Å². The number of nitrogens with two attached hydrogens (primary N) is 1. The number of rotatable bonds is 6. The summed E-state index contributed by atoms with van der Waals surface area (Å²) in [7, 11) is 0. The number of nitrogens with zero attached hydrogens (tertiary/aromatic N) is 1. The van der Waals surface area contributed by atoms with Crippen LogP contribution in [0, 0.1) is 17.3 Å². The summed E-state index contributed by atoms with van der Waals surface area (Å²) in [5.74, 6) is 1.36. The van der Waals surface area contributed by atoms with Crippen molar-refractivity contribution in [3.63, 3.8) is 0 Å². The van der Waals surface area contributed by atoms with Crippen LogP contribution in [0.5, 0.6) is 0 Å². The highest BCUT2D eigenvalue weighted by atomic mass is 16.5. The zero-order valence-electron chi connectivity index (χ0n) is 13.7. The van der Waals surface area contributed by atoms with Crippen LogP contribution in [0.4, 0.5) is 0 Å². The number of hydrogen-bond acceptors (Lipinski definition) is 3. The molecule has 116 valence electrons. The minimum Gasteiger partial charge on any atom is -0.377 e. The molecule has 3 atom stereocenters. The molecule has 0 aromatic rings. The first-order chi connectivity index (χ1) is 9.36. The normalized spacial score (nSPS) is 39.1. The molecule has 0 aromatic heterocycles. The van der Waals surface area contributed by atoms with Gasteiger partial charge >= 0.3 is 0 Å². The van der Waals surface area contributed by atoms with Crippen LogP contribution < -0.4 is 5.73 Å². The molecule has 2 saturated carbocycles. The molecular formula is C17H32N2O. The SMILES string of the molecule is CC(C)CCN(CC1(N)C2CCOC2C1(C)C)C1CC1. The Bertz CT molecular complexity index is 364. The molecule has 3 unspecified atom stereocenters. The zero-order chi connectivity index (χ0) is 14.5. The predicted octanol–water partition coefficient (Wildman–Crippen LogP) is 2.64. The molecule has 1 aliphatic heterocycles. The van der Waals surface area contributed by atoms with Crippen molar-refractivity contribution in [1.82, 2.24) is 4.90 Å². The Balaban J connectivity index is 1.67. The van der Waals surface area contributed by atoms with E-state index < -0.39 is 0 Å². The Morgan fingerprint density at radius 3 is 2.55 bits per heavy atom. The molecular weight excluding hydrogens is 248 g/mol. The van der Waals surface area contributed by atoms with Crippen molar-refractivity contribution in [3.05, 3.63) is 0 Å². The maximum atomic E-state index is 6.92. The quantitative estimate of drug-likeness (QED) is 0.813. The van der Waals surface area contributed by atoms with Gasteiger partial charge < -0.3 is 10.5 Å². The van der Waals surface area contributed by atoms with Gasteiger partial charge in [-0.2, -0.15) is 0 Å². The van der Waals surface area contributed by atoms with Crippen molar-refractivity contribution in [2.45, 2.75) is 71.1 Å². The summed E-state index contributed by atoms with van der Waals surface area (Å²) < 4.78 is 5.92. The molecule has 0 bridgehead atoms. The van der Waals surface area contributed by atoms with Crippen molar-refractivity contribution in [2.24, 2.45) is 23.0 Å². The van der Waals surface area contributed by atoms with E-state index in [9.17, 15) is 0 Å². The van der Waals surface area contributed by atoms with Crippen LogP contribution in [-0.2, 0) is 4.74 Å². The standard InChI is InChI=1S/C17H32N2O/c1-12(2)7-9-19(13-5-6-13)11-17(18)14-8-10-20-15(14)16(17,3)4/h12-15H,5-11,18H2,1-4H3. The molecule has 0 radical (unpaired) electrons. The van der Waals surface area contributed by atoms with Gasteiger partial charge in [-0.3, -0.25) is 4.90 Å². The van der Waals surface area contributed by atoms with Gasteiger partial charge in [0.2, 0.25) is 0 Å². The molecule has 3 fully saturated rings. The van der Waals surface area contributed by atoms with Crippen molar-refractivity contribution in [2.75, 3.05) is 19.7 Å². The summed E-state index contributed by atoms with van der Waals surface area (Å²) in [5.41, 5.74) is 6.99. The van der Waals surface area contributed by atoms with E-state index in [0.29, 0.717) is 12.0 Å². The Morgan fingerprint density at radius 2 is 1.95 bits per heavy atom. The molecule has 0 amide bonds. The highest BCUT2D eigenvalue weighted by molar-refractivity contribution is 5.22. The van der Waals surface area contributed by atoms with Gasteiger partial charge in [0.1, 0.15) is 0 Å². The maximum absolute atomic E-state index is 6.92. The van der Waals surface area contributed by atoms with Crippen molar-refractivity contribution >= 4 is 0 Å². The highest BCUT2D eigenvalue weighted by Crippen LogP contribution is 2.58. The third kappa shape index (κ3) is 2.22. The summed E-state index contributed by atoms with van der Waals surface area (Å²) in [6.45, 7) is 12.5. The van der Waals surface area contributed by atoms with Crippen LogP contribution >= 0.6 is 0 Å². The van der Waals surface area contributed by atoms with E-state index in [4.69, 9.17) is 10.5 Å². The summed E-state index contributed by atoms with van der Waals surface area (Å²) >= 11 is 0. The van der Waals surface area contributed by atoms with Crippen LogP contribution in [0.15, 0.2) is 0 Å².